The summed E-state index contributed by atoms with van der Waals surface area (Å²) < 4.78 is 0. The fourth-order valence-electron chi connectivity index (χ4n) is 3.84. The summed E-state index contributed by atoms with van der Waals surface area (Å²) in [6, 6.07) is 1.75. The summed E-state index contributed by atoms with van der Waals surface area (Å²) in [7, 11) is 0. The van der Waals surface area contributed by atoms with Crippen LogP contribution < -0.4 is 0 Å². The molecule has 112 valence electrons. The van der Waals surface area contributed by atoms with E-state index in [0.29, 0.717) is 22.2 Å². The molecule has 4 heteroatoms. The largest absolute Gasteiger partial charge is 0.345 e. The maximum absolute atomic E-state index is 13.2. The molecule has 1 aliphatic carbocycles. The van der Waals surface area contributed by atoms with Crippen LogP contribution in [0.25, 0.3) is 11.0 Å². The molecule has 2 heterocycles. The fourth-order valence-corrected chi connectivity index (χ4v) is 4.09. The van der Waals surface area contributed by atoms with Gasteiger partial charge in [-0.05, 0) is 31.2 Å². The Hall–Kier alpha value is -1.35. The van der Waals surface area contributed by atoms with Gasteiger partial charge in [0.25, 0.3) is 0 Å². The lowest BCUT2D eigenvalue weighted by atomic mass is 9.73. The monoisotopic (exact) mass is 304 g/mol. The molecule has 0 aromatic carbocycles. The van der Waals surface area contributed by atoms with Crippen molar-refractivity contribution in [2.24, 2.45) is 11.3 Å². The zero-order valence-corrected chi connectivity index (χ0v) is 13.3. The van der Waals surface area contributed by atoms with Crippen LogP contribution in [0.2, 0.25) is 5.02 Å². The molecule has 2 aromatic heterocycles. The standard InChI is InChI=1S/C17H21ClN2O/c1-11(2)9-17(6-3-4-7-17)15(21)12-10-20-16-14(12)13(18)5-8-19-16/h5,8,10-11H,3-4,6-7,9H2,1-2H3,(H,19,20). The van der Waals surface area contributed by atoms with Crippen molar-refractivity contribution < 1.29 is 4.79 Å². The van der Waals surface area contributed by atoms with Crippen LogP contribution >= 0.6 is 11.6 Å². The van der Waals surface area contributed by atoms with Gasteiger partial charge in [0.15, 0.2) is 5.78 Å². The first-order valence-corrected chi connectivity index (χ1v) is 8.08. The molecule has 1 fully saturated rings. The Morgan fingerprint density at radius 1 is 1.43 bits per heavy atom. The van der Waals surface area contributed by atoms with Gasteiger partial charge in [0, 0.05) is 28.8 Å². The molecular weight excluding hydrogens is 284 g/mol. The van der Waals surface area contributed by atoms with Crippen LogP contribution in [0.1, 0.15) is 56.3 Å². The quantitative estimate of drug-likeness (QED) is 0.807. The molecule has 0 radical (unpaired) electrons. The van der Waals surface area contributed by atoms with Crippen molar-refractivity contribution in [3.8, 4) is 0 Å². The number of ketones is 1. The topological polar surface area (TPSA) is 45.8 Å². The van der Waals surface area contributed by atoms with Crippen LogP contribution in [0.3, 0.4) is 0 Å². The van der Waals surface area contributed by atoms with Crippen LogP contribution in [0.5, 0.6) is 0 Å². The number of aromatic amines is 1. The maximum atomic E-state index is 13.2. The SMILES string of the molecule is CC(C)CC1(C(=O)c2c[nH]c3nccc(Cl)c23)CCCC1. The van der Waals surface area contributed by atoms with E-state index in [1.165, 1.54) is 0 Å². The van der Waals surface area contributed by atoms with Gasteiger partial charge in [-0.15, -0.1) is 0 Å². The van der Waals surface area contributed by atoms with Crippen molar-refractivity contribution >= 4 is 28.4 Å². The molecule has 0 aliphatic heterocycles. The highest BCUT2D eigenvalue weighted by molar-refractivity contribution is 6.36. The number of fused-ring (bicyclic) bond motifs is 1. The highest BCUT2D eigenvalue weighted by Crippen LogP contribution is 2.46. The van der Waals surface area contributed by atoms with Gasteiger partial charge in [-0.2, -0.15) is 0 Å². The number of hydrogen-bond donors (Lipinski definition) is 1. The third kappa shape index (κ3) is 2.48. The molecule has 3 nitrogen and oxygen atoms in total. The average molecular weight is 305 g/mol. The number of H-pyrrole nitrogens is 1. The molecule has 21 heavy (non-hydrogen) atoms. The van der Waals surface area contributed by atoms with Gasteiger partial charge in [-0.3, -0.25) is 4.79 Å². The zero-order valence-electron chi connectivity index (χ0n) is 12.6. The first kappa shape index (κ1) is 14.6. The van der Waals surface area contributed by atoms with Crippen LogP contribution in [-0.2, 0) is 0 Å². The number of carbonyl (C=O) groups is 1. The Kier molecular flexibility index (Phi) is 3.78. The third-order valence-corrected chi connectivity index (χ3v) is 4.92. The van der Waals surface area contributed by atoms with Gasteiger partial charge in [0.2, 0.25) is 0 Å². The summed E-state index contributed by atoms with van der Waals surface area (Å²) in [4.78, 5) is 20.6. The average Bonchev–Trinajstić information content (AvgIpc) is 3.05. The summed E-state index contributed by atoms with van der Waals surface area (Å²) in [5.41, 5.74) is 1.21. The van der Waals surface area contributed by atoms with Crippen molar-refractivity contribution in [3.05, 3.63) is 29.0 Å². The van der Waals surface area contributed by atoms with Gasteiger partial charge in [-0.25, -0.2) is 4.98 Å². The Balaban J connectivity index is 2.06. The number of nitrogens with zero attached hydrogens (tertiary/aromatic N) is 1. The van der Waals surface area contributed by atoms with Crippen molar-refractivity contribution in [1.29, 1.82) is 0 Å². The third-order valence-electron chi connectivity index (χ3n) is 4.61. The van der Waals surface area contributed by atoms with E-state index < -0.39 is 0 Å². The predicted octanol–water partition coefficient (Wildman–Crippen LogP) is 5.01. The van der Waals surface area contributed by atoms with Crippen molar-refractivity contribution in [1.82, 2.24) is 9.97 Å². The van der Waals surface area contributed by atoms with E-state index in [1.54, 1.807) is 18.5 Å². The van der Waals surface area contributed by atoms with Crippen molar-refractivity contribution in [2.75, 3.05) is 0 Å². The number of Topliss-reactive ketones (excluding diaryl/α,β-unsaturated/α-hetero) is 1. The normalized spacial score (nSPS) is 17.7. The highest BCUT2D eigenvalue weighted by Gasteiger charge is 2.42. The molecule has 1 N–H and O–H groups in total. The summed E-state index contributed by atoms with van der Waals surface area (Å²) in [6.45, 7) is 4.38. The number of carbonyl (C=O) groups excluding carboxylic acids is 1. The second-order valence-corrected chi connectivity index (χ2v) is 7.04. The Morgan fingerprint density at radius 2 is 2.14 bits per heavy atom. The van der Waals surface area contributed by atoms with E-state index in [2.05, 4.69) is 23.8 Å². The number of halogens is 1. The van der Waals surface area contributed by atoms with Gasteiger partial charge in [-0.1, -0.05) is 38.3 Å². The van der Waals surface area contributed by atoms with Gasteiger partial charge in [0.1, 0.15) is 5.65 Å². The van der Waals surface area contributed by atoms with Crippen LogP contribution in [0.15, 0.2) is 18.5 Å². The first-order valence-electron chi connectivity index (χ1n) is 7.70. The molecule has 0 saturated heterocycles. The van der Waals surface area contributed by atoms with E-state index >= 15 is 0 Å². The van der Waals surface area contributed by atoms with Crippen molar-refractivity contribution in [2.45, 2.75) is 46.0 Å². The molecule has 0 bridgehead atoms. The lowest BCUT2D eigenvalue weighted by molar-refractivity contribution is 0.0762. The first-order chi connectivity index (χ1) is 10.0. The smallest absolute Gasteiger partial charge is 0.171 e. The molecule has 0 amide bonds. The van der Waals surface area contributed by atoms with Gasteiger partial charge in [0.05, 0.1) is 5.02 Å². The maximum Gasteiger partial charge on any atom is 0.171 e. The Morgan fingerprint density at radius 3 is 2.81 bits per heavy atom. The Bertz CT molecular complexity index is 668. The molecule has 0 atom stereocenters. The van der Waals surface area contributed by atoms with Crippen LogP contribution in [0.4, 0.5) is 0 Å². The molecular formula is C17H21ClN2O. The second-order valence-electron chi connectivity index (χ2n) is 6.63. The van der Waals surface area contributed by atoms with E-state index in [9.17, 15) is 4.79 Å². The molecule has 0 spiro atoms. The lowest BCUT2D eigenvalue weighted by Gasteiger charge is -2.29. The van der Waals surface area contributed by atoms with Gasteiger partial charge < -0.3 is 4.98 Å². The summed E-state index contributed by atoms with van der Waals surface area (Å²) in [6.07, 6.45) is 8.68. The Labute approximate surface area is 130 Å². The van der Waals surface area contributed by atoms with Crippen LogP contribution in [0, 0.1) is 11.3 Å². The number of nitrogens with one attached hydrogen (secondary N) is 1. The molecule has 0 unspecified atom stereocenters. The predicted molar refractivity (Wildman–Crippen MR) is 85.8 cm³/mol. The summed E-state index contributed by atoms with van der Waals surface area (Å²) in [5, 5.41) is 1.38. The minimum atomic E-state index is -0.206. The van der Waals surface area contributed by atoms with E-state index in [0.717, 1.165) is 37.5 Å². The molecule has 2 aromatic rings. The fraction of sp³-hybridized carbons (Fsp3) is 0.529. The number of hydrogen-bond acceptors (Lipinski definition) is 2. The van der Waals surface area contributed by atoms with E-state index in [-0.39, 0.29) is 11.2 Å². The van der Waals surface area contributed by atoms with Gasteiger partial charge >= 0.3 is 0 Å². The van der Waals surface area contributed by atoms with Crippen molar-refractivity contribution in [3.63, 3.8) is 0 Å². The molecule has 3 rings (SSSR count). The summed E-state index contributed by atoms with van der Waals surface area (Å²) in [5.74, 6) is 0.765. The molecule has 1 aliphatic rings. The minimum absolute atomic E-state index is 0.206. The summed E-state index contributed by atoms with van der Waals surface area (Å²) >= 11 is 6.29. The minimum Gasteiger partial charge on any atom is -0.345 e. The van der Waals surface area contributed by atoms with Crippen LogP contribution in [-0.4, -0.2) is 15.8 Å². The number of aromatic nitrogens is 2. The molecule has 1 saturated carbocycles. The number of pyridine rings is 1. The van der Waals surface area contributed by atoms with E-state index in [1.807, 2.05) is 0 Å². The lowest BCUT2D eigenvalue weighted by Crippen LogP contribution is -2.29. The second kappa shape index (κ2) is 5.45. The highest BCUT2D eigenvalue weighted by atomic mass is 35.5. The number of rotatable bonds is 4. The van der Waals surface area contributed by atoms with E-state index in [4.69, 9.17) is 11.6 Å². The zero-order chi connectivity index (χ0) is 15.0.